The first-order chi connectivity index (χ1) is 11.3. The Bertz CT molecular complexity index is 722. The molecule has 0 aliphatic carbocycles. The summed E-state index contributed by atoms with van der Waals surface area (Å²) in [5.41, 5.74) is 0. The molecule has 1 aliphatic rings. The molecule has 1 aromatic carbocycles. The van der Waals surface area contributed by atoms with Crippen molar-refractivity contribution in [2.75, 3.05) is 0 Å². The van der Waals surface area contributed by atoms with Gasteiger partial charge in [-0.1, -0.05) is 15.9 Å². The number of hydroxylamine groups is 2. The Labute approximate surface area is 161 Å². The van der Waals surface area contributed by atoms with E-state index in [1.807, 2.05) is 0 Å². The maximum absolute atomic E-state index is 11.8. The summed E-state index contributed by atoms with van der Waals surface area (Å²) in [4.78, 5) is 50.5. The fourth-order valence-corrected chi connectivity index (χ4v) is 4.10. The number of esters is 1. The molecule has 0 saturated carbocycles. The van der Waals surface area contributed by atoms with Gasteiger partial charge in [-0.05, 0) is 44.0 Å². The predicted molar refractivity (Wildman–Crippen MR) is 91.5 cm³/mol. The minimum atomic E-state index is -1.04. The molecule has 0 spiro atoms. The van der Waals surface area contributed by atoms with Crippen LogP contribution < -0.4 is 4.74 Å². The number of rotatable bonds is 4. The number of nitrogens with zero attached hydrogens (tertiary/aromatic N) is 1. The summed E-state index contributed by atoms with van der Waals surface area (Å²) in [7, 11) is 0. The fraction of sp³-hybridized carbons (Fsp3) is 0.143. The van der Waals surface area contributed by atoms with E-state index in [2.05, 4.69) is 52.6 Å². The van der Waals surface area contributed by atoms with Gasteiger partial charge in [-0.3, -0.25) is 9.59 Å². The Morgan fingerprint density at radius 2 is 1.46 bits per heavy atom. The monoisotopic (exact) mass is 523 g/mol. The molecule has 0 aromatic heterocycles. The molecule has 0 atom stereocenters. The number of ether oxygens (including phenoxy) is 1. The van der Waals surface area contributed by atoms with Gasteiger partial charge >= 0.3 is 11.9 Å². The van der Waals surface area contributed by atoms with Crippen molar-refractivity contribution in [3.63, 3.8) is 0 Å². The lowest BCUT2D eigenvalue weighted by Crippen LogP contribution is -2.31. The van der Waals surface area contributed by atoms with Gasteiger partial charge in [-0.15, -0.1) is 5.06 Å². The Morgan fingerprint density at radius 1 is 0.958 bits per heavy atom. The van der Waals surface area contributed by atoms with Crippen molar-refractivity contribution in [1.82, 2.24) is 5.06 Å². The zero-order chi connectivity index (χ0) is 17.9. The average molecular weight is 526 g/mol. The normalized spacial score (nSPS) is 14.4. The lowest BCUT2D eigenvalue weighted by molar-refractivity contribution is -0.193. The third-order valence-electron chi connectivity index (χ3n) is 2.71. The molecular weight excluding hydrogens is 518 g/mol. The van der Waals surface area contributed by atoms with Crippen LogP contribution in [0.3, 0.4) is 0 Å². The second kappa shape index (κ2) is 8.04. The van der Waals surface area contributed by atoms with Crippen molar-refractivity contribution in [2.24, 2.45) is 0 Å². The number of hydrogen-bond donors (Lipinski definition) is 0. The van der Waals surface area contributed by atoms with Crippen LogP contribution in [0.2, 0.25) is 0 Å². The highest BCUT2D eigenvalue weighted by Gasteiger charge is 2.32. The van der Waals surface area contributed by atoms with Gasteiger partial charge in [0.2, 0.25) is 0 Å². The van der Waals surface area contributed by atoms with E-state index in [-0.39, 0.29) is 18.6 Å². The molecule has 0 radical (unpaired) electrons. The van der Waals surface area contributed by atoms with E-state index in [0.717, 1.165) is 16.6 Å². The van der Waals surface area contributed by atoms with E-state index in [1.165, 1.54) is 0 Å². The summed E-state index contributed by atoms with van der Waals surface area (Å²) in [5, 5.41) is 0.389. The van der Waals surface area contributed by atoms with Gasteiger partial charge in [-0.25, -0.2) is 9.59 Å². The molecular formula is C14H8Br3NO6. The van der Waals surface area contributed by atoms with Crippen molar-refractivity contribution in [2.45, 2.75) is 12.8 Å². The van der Waals surface area contributed by atoms with Crippen LogP contribution in [-0.4, -0.2) is 28.8 Å². The summed E-state index contributed by atoms with van der Waals surface area (Å²) in [6.45, 7) is 0. The lowest BCUT2D eigenvalue weighted by Gasteiger charge is -2.10. The van der Waals surface area contributed by atoms with Gasteiger partial charge in [0.05, 0.1) is 8.95 Å². The largest absolute Gasteiger partial charge is 0.421 e. The van der Waals surface area contributed by atoms with Crippen LogP contribution in [-0.2, 0) is 24.0 Å². The quantitative estimate of drug-likeness (QED) is 0.260. The number of amides is 2. The van der Waals surface area contributed by atoms with Gasteiger partial charge in [0, 0.05) is 29.5 Å². The number of imide groups is 1. The van der Waals surface area contributed by atoms with Gasteiger partial charge < -0.3 is 9.57 Å². The van der Waals surface area contributed by atoms with Gasteiger partial charge in [0.25, 0.3) is 11.8 Å². The van der Waals surface area contributed by atoms with Crippen molar-refractivity contribution in [3.05, 3.63) is 37.7 Å². The minimum absolute atomic E-state index is 0.0104. The molecule has 1 heterocycles. The molecule has 1 aromatic rings. The highest BCUT2D eigenvalue weighted by molar-refractivity contribution is 9.11. The van der Waals surface area contributed by atoms with Gasteiger partial charge in [0.1, 0.15) is 0 Å². The summed E-state index contributed by atoms with van der Waals surface area (Å²) in [6, 6.07) is 3.35. The van der Waals surface area contributed by atoms with E-state index >= 15 is 0 Å². The second-order valence-electron chi connectivity index (χ2n) is 4.45. The SMILES string of the molecule is O=C(/C=C/C(=O)ON1C(=O)CCC1=O)Oc1c(Br)cc(Br)cc1Br. The third-order valence-corrected chi connectivity index (χ3v) is 4.34. The van der Waals surface area contributed by atoms with E-state index in [9.17, 15) is 19.2 Å². The zero-order valence-electron chi connectivity index (χ0n) is 11.8. The van der Waals surface area contributed by atoms with Gasteiger partial charge in [0.15, 0.2) is 5.75 Å². The first-order valence-corrected chi connectivity index (χ1v) is 8.78. The van der Waals surface area contributed by atoms with E-state index in [0.29, 0.717) is 14.0 Å². The second-order valence-corrected chi connectivity index (χ2v) is 7.07. The number of benzene rings is 1. The predicted octanol–water partition coefficient (Wildman–Crippen LogP) is 3.04. The standard InChI is InChI=1S/C14H8Br3NO6/c15-7-5-8(16)14(9(17)6-7)23-12(21)3-4-13(22)24-18-10(19)1-2-11(18)20/h3-6H,1-2H2/b4-3+. The van der Waals surface area contributed by atoms with Crippen molar-refractivity contribution >= 4 is 71.5 Å². The Kier molecular flexibility index (Phi) is 6.30. The molecule has 2 rings (SSSR count). The minimum Gasteiger partial charge on any atom is -0.421 e. The van der Waals surface area contributed by atoms with Crippen LogP contribution in [0.25, 0.3) is 0 Å². The highest BCUT2D eigenvalue weighted by Crippen LogP contribution is 2.36. The molecule has 0 N–H and O–H groups in total. The van der Waals surface area contributed by atoms with Gasteiger partial charge in [-0.2, -0.15) is 0 Å². The molecule has 0 unspecified atom stereocenters. The van der Waals surface area contributed by atoms with Crippen molar-refractivity contribution in [1.29, 1.82) is 0 Å². The molecule has 10 heteroatoms. The molecule has 0 bridgehead atoms. The summed E-state index contributed by atoms with van der Waals surface area (Å²) in [5.74, 6) is -2.86. The van der Waals surface area contributed by atoms with Crippen molar-refractivity contribution in [3.8, 4) is 5.75 Å². The molecule has 24 heavy (non-hydrogen) atoms. The lowest BCUT2D eigenvalue weighted by atomic mass is 10.3. The maximum atomic E-state index is 11.8. The smallest absolute Gasteiger partial charge is 0.357 e. The first-order valence-electron chi connectivity index (χ1n) is 6.40. The van der Waals surface area contributed by atoms with E-state index in [1.54, 1.807) is 12.1 Å². The molecule has 1 saturated heterocycles. The van der Waals surface area contributed by atoms with Crippen LogP contribution in [0.15, 0.2) is 37.7 Å². The van der Waals surface area contributed by atoms with E-state index < -0.39 is 23.8 Å². The summed E-state index contributed by atoms with van der Waals surface area (Å²) in [6.07, 6.45) is 1.57. The number of hydrogen-bond acceptors (Lipinski definition) is 6. The van der Waals surface area contributed by atoms with Crippen LogP contribution >= 0.6 is 47.8 Å². The average Bonchev–Trinajstić information content (AvgIpc) is 2.80. The van der Waals surface area contributed by atoms with Crippen LogP contribution in [0.5, 0.6) is 5.75 Å². The molecule has 2 amide bonds. The van der Waals surface area contributed by atoms with E-state index in [4.69, 9.17) is 4.74 Å². The fourth-order valence-electron chi connectivity index (χ4n) is 1.68. The molecule has 7 nitrogen and oxygen atoms in total. The molecule has 1 fully saturated rings. The number of halogens is 3. The van der Waals surface area contributed by atoms with Crippen LogP contribution in [0.1, 0.15) is 12.8 Å². The molecule has 126 valence electrons. The summed E-state index contributed by atoms with van der Waals surface area (Å²) >= 11 is 9.77. The zero-order valence-corrected chi connectivity index (χ0v) is 16.5. The van der Waals surface area contributed by atoms with Crippen LogP contribution in [0, 0.1) is 0 Å². The number of carbonyl (C=O) groups excluding carboxylic acids is 4. The molecule has 1 aliphatic heterocycles. The third kappa shape index (κ3) is 4.74. The Balaban J connectivity index is 1.97. The summed E-state index contributed by atoms with van der Waals surface area (Å²) < 4.78 is 6.89. The number of carbonyl (C=O) groups is 4. The highest BCUT2D eigenvalue weighted by atomic mass is 79.9. The first kappa shape index (κ1) is 18.8. The van der Waals surface area contributed by atoms with Crippen LogP contribution in [0.4, 0.5) is 0 Å². The Morgan fingerprint density at radius 3 is 2.00 bits per heavy atom. The van der Waals surface area contributed by atoms with Crippen molar-refractivity contribution < 1.29 is 28.8 Å². The topological polar surface area (TPSA) is 90.0 Å². The Hall–Kier alpha value is -1.52. The maximum Gasteiger partial charge on any atom is 0.357 e.